The Balaban J connectivity index is 1.89. The molecule has 1 aliphatic rings. The van der Waals surface area contributed by atoms with E-state index in [9.17, 15) is 4.79 Å². The van der Waals surface area contributed by atoms with Gasteiger partial charge >= 0.3 is 0 Å². The van der Waals surface area contributed by atoms with Gasteiger partial charge in [-0.2, -0.15) is 0 Å². The molecule has 20 heavy (non-hydrogen) atoms. The average molecular weight is 271 g/mol. The minimum Gasteiger partial charge on any atom is -0.294 e. The monoisotopic (exact) mass is 271 g/mol. The van der Waals surface area contributed by atoms with Crippen molar-refractivity contribution < 1.29 is 4.79 Å². The van der Waals surface area contributed by atoms with Gasteiger partial charge in [0, 0.05) is 23.4 Å². The second-order valence-electron chi connectivity index (χ2n) is 5.44. The molecule has 0 spiro atoms. The van der Waals surface area contributed by atoms with E-state index >= 15 is 0 Å². The van der Waals surface area contributed by atoms with Crippen LogP contribution in [0.2, 0.25) is 0 Å². The Morgan fingerprint density at radius 1 is 1.20 bits per heavy atom. The van der Waals surface area contributed by atoms with Gasteiger partial charge in [0.05, 0.1) is 0 Å². The van der Waals surface area contributed by atoms with Crippen molar-refractivity contribution in [3.8, 4) is 0 Å². The first-order chi connectivity index (χ1) is 9.81. The molecule has 0 unspecified atom stereocenters. The first-order valence-corrected chi connectivity index (χ1v) is 7.45. The van der Waals surface area contributed by atoms with Gasteiger partial charge in [-0.1, -0.05) is 48.6 Å². The molecule has 2 rings (SSSR count). The van der Waals surface area contributed by atoms with Crippen LogP contribution in [0, 0.1) is 0 Å². The molecule has 1 aromatic carbocycles. The SMILES string of the molecule is [N-]=[N+]=NCCCC(=O)c1ccc(C2CCCCC2)cc1. The second kappa shape index (κ2) is 7.71. The number of rotatable bonds is 6. The lowest BCUT2D eigenvalue weighted by atomic mass is 9.84. The highest BCUT2D eigenvalue weighted by atomic mass is 16.1. The zero-order chi connectivity index (χ0) is 14.2. The van der Waals surface area contributed by atoms with Crippen molar-refractivity contribution in [2.45, 2.75) is 50.9 Å². The van der Waals surface area contributed by atoms with Gasteiger partial charge in [0.25, 0.3) is 0 Å². The average Bonchev–Trinajstić information content (AvgIpc) is 2.52. The number of azide groups is 1. The normalized spacial score (nSPS) is 15.6. The molecule has 0 atom stereocenters. The predicted octanol–water partition coefficient (Wildman–Crippen LogP) is 5.01. The van der Waals surface area contributed by atoms with Crippen molar-refractivity contribution in [2.75, 3.05) is 6.54 Å². The maximum atomic E-state index is 12.0. The molecule has 0 aliphatic heterocycles. The molecule has 0 radical (unpaired) electrons. The molecule has 4 nitrogen and oxygen atoms in total. The molecule has 0 saturated heterocycles. The van der Waals surface area contributed by atoms with E-state index in [4.69, 9.17) is 5.53 Å². The zero-order valence-corrected chi connectivity index (χ0v) is 11.8. The van der Waals surface area contributed by atoms with Gasteiger partial charge in [0.1, 0.15) is 0 Å². The van der Waals surface area contributed by atoms with Crippen molar-refractivity contribution in [2.24, 2.45) is 5.11 Å². The van der Waals surface area contributed by atoms with Crippen molar-refractivity contribution >= 4 is 5.78 Å². The smallest absolute Gasteiger partial charge is 0.162 e. The van der Waals surface area contributed by atoms with Gasteiger partial charge in [0.2, 0.25) is 0 Å². The van der Waals surface area contributed by atoms with Gasteiger partial charge < -0.3 is 0 Å². The van der Waals surface area contributed by atoms with Crippen molar-refractivity contribution in [3.05, 3.63) is 45.8 Å². The summed E-state index contributed by atoms with van der Waals surface area (Å²) in [7, 11) is 0. The fourth-order valence-electron chi connectivity index (χ4n) is 2.88. The van der Waals surface area contributed by atoms with Crippen molar-refractivity contribution in [1.82, 2.24) is 0 Å². The first-order valence-electron chi connectivity index (χ1n) is 7.45. The standard InChI is InChI=1S/C16H21N3O/c17-19-18-12-4-7-16(20)15-10-8-14(9-11-15)13-5-2-1-3-6-13/h8-11,13H,1-7,12H2. The van der Waals surface area contributed by atoms with Crippen LogP contribution in [0.3, 0.4) is 0 Å². The number of hydrogen-bond acceptors (Lipinski definition) is 2. The number of benzene rings is 1. The molecule has 1 aliphatic carbocycles. The number of hydrogen-bond donors (Lipinski definition) is 0. The van der Waals surface area contributed by atoms with Crippen molar-refractivity contribution in [1.29, 1.82) is 0 Å². The van der Waals surface area contributed by atoms with E-state index in [-0.39, 0.29) is 5.78 Å². The molecule has 1 fully saturated rings. The Morgan fingerprint density at radius 3 is 2.55 bits per heavy atom. The molecule has 0 N–H and O–H groups in total. The lowest BCUT2D eigenvalue weighted by Gasteiger charge is -2.22. The molecule has 4 heteroatoms. The molecular weight excluding hydrogens is 250 g/mol. The molecule has 0 amide bonds. The molecule has 1 saturated carbocycles. The highest BCUT2D eigenvalue weighted by molar-refractivity contribution is 5.96. The summed E-state index contributed by atoms with van der Waals surface area (Å²) in [6.07, 6.45) is 7.63. The summed E-state index contributed by atoms with van der Waals surface area (Å²) in [5, 5.41) is 3.44. The minimum atomic E-state index is 0.133. The third kappa shape index (κ3) is 4.10. The molecule has 0 aromatic heterocycles. The molecule has 1 aromatic rings. The summed E-state index contributed by atoms with van der Waals surface area (Å²) in [5.74, 6) is 0.811. The highest BCUT2D eigenvalue weighted by Gasteiger charge is 2.15. The summed E-state index contributed by atoms with van der Waals surface area (Å²) in [6, 6.07) is 8.10. The summed E-state index contributed by atoms with van der Waals surface area (Å²) < 4.78 is 0. The van der Waals surface area contributed by atoms with Gasteiger partial charge in [0.15, 0.2) is 5.78 Å². The Morgan fingerprint density at radius 2 is 1.90 bits per heavy atom. The van der Waals surface area contributed by atoms with Crippen LogP contribution in [0.25, 0.3) is 10.4 Å². The lowest BCUT2D eigenvalue weighted by Crippen LogP contribution is -2.05. The summed E-state index contributed by atoms with van der Waals surface area (Å²) in [4.78, 5) is 14.6. The number of nitrogens with zero attached hydrogens (tertiary/aromatic N) is 3. The molecule has 0 bridgehead atoms. The van der Waals surface area contributed by atoms with Gasteiger partial charge in [-0.3, -0.25) is 4.79 Å². The van der Waals surface area contributed by atoms with E-state index in [1.165, 1.54) is 37.7 Å². The molecule has 0 heterocycles. The van der Waals surface area contributed by atoms with E-state index in [2.05, 4.69) is 22.2 Å². The van der Waals surface area contributed by atoms with Crippen LogP contribution in [-0.4, -0.2) is 12.3 Å². The van der Waals surface area contributed by atoms with E-state index < -0.39 is 0 Å². The van der Waals surface area contributed by atoms with E-state index in [0.717, 1.165) is 5.56 Å². The quantitative estimate of drug-likeness (QED) is 0.236. The third-order valence-corrected chi connectivity index (χ3v) is 4.03. The summed E-state index contributed by atoms with van der Waals surface area (Å²) in [5.41, 5.74) is 10.3. The molecule has 106 valence electrons. The Bertz CT molecular complexity index is 483. The van der Waals surface area contributed by atoms with Gasteiger partial charge in [-0.05, 0) is 36.3 Å². The number of carbonyl (C=O) groups is 1. The fourth-order valence-corrected chi connectivity index (χ4v) is 2.88. The second-order valence-corrected chi connectivity index (χ2v) is 5.44. The summed E-state index contributed by atoms with van der Waals surface area (Å²) >= 11 is 0. The minimum absolute atomic E-state index is 0.133. The number of ketones is 1. The Hall–Kier alpha value is -1.80. The Labute approximate surface area is 119 Å². The van der Waals surface area contributed by atoms with Gasteiger partial charge in [-0.15, -0.1) is 0 Å². The van der Waals surface area contributed by atoms with Gasteiger partial charge in [-0.25, -0.2) is 0 Å². The first kappa shape index (κ1) is 14.6. The van der Waals surface area contributed by atoms with Crippen LogP contribution in [-0.2, 0) is 0 Å². The Kier molecular flexibility index (Phi) is 5.63. The summed E-state index contributed by atoms with van der Waals surface area (Å²) in [6.45, 7) is 0.391. The largest absolute Gasteiger partial charge is 0.294 e. The topological polar surface area (TPSA) is 65.8 Å². The van der Waals surface area contributed by atoms with Crippen LogP contribution in [0.4, 0.5) is 0 Å². The fraction of sp³-hybridized carbons (Fsp3) is 0.562. The zero-order valence-electron chi connectivity index (χ0n) is 11.8. The maximum absolute atomic E-state index is 12.0. The van der Waals surface area contributed by atoms with Crippen LogP contribution in [0.5, 0.6) is 0 Å². The van der Waals surface area contributed by atoms with Crippen LogP contribution >= 0.6 is 0 Å². The van der Waals surface area contributed by atoms with Crippen LogP contribution in [0.1, 0.15) is 66.8 Å². The van der Waals surface area contributed by atoms with E-state index in [0.29, 0.717) is 25.3 Å². The highest BCUT2D eigenvalue weighted by Crippen LogP contribution is 2.32. The number of carbonyl (C=O) groups excluding carboxylic acids is 1. The van der Waals surface area contributed by atoms with Crippen molar-refractivity contribution in [3.63, 3.8) is 0 Å². The molecular formula is C16H21N3O. The van der Waals surface area contributed by atoms with Crippen LogP contribution < -0.4 is 0 Å². The van der Waals surface area contributed by atoms with E-state index in [1.807, 2.05) is 12.1 Å². The lowest BCUT2D eigenvalue weighted by molar-refractivity contribution is 0.0981. The predicted molar refractivity (Wildman–Crippen MR) is 79.8 cm³/mol. The third-order valence-electron chi connectivity index (χ3n) is 4.03. The number of Topliss-reactive ketones (excluding diaryl/α,β-unsaturated/α-hetero) is 1. The van der Waals surface area contributed by atoms with E-state index in [1.54, 1.807) is 0 Å². The maximum Gasteiger partial charge on any atom is 0.162 e. The van der Waals surface area contributed by atoms with Crippen LogP contribution in [0.15, 0.2) is 29.4 Å².